The van der Waals surface area contributed by atoms with Gasteiger partial charge in [0.1, 0.15) is 6.10 Å². The van der Waals surface area contributed by atoms with Gasteiger partial charge in [0.2, 0.25) is 0 Å². The molecule has 5 heteroatoms. The van der Waals surface area contributed by atoms with E-state index in [2.05, 4.69) is 66.4 Å². The number of unbranched alkanes of at least 4 members (excludes halogenated alkanes) is 4. The van der Waals surface area contributed by atoms with E-state index in [-0.39, 0.29) is 18.5 Å². The fraction of sp³-hybridized carbons (Fsp3) is 0.519. The first-order valence-corrected chi connectivity index (χ1v) is 11.8. The van der Waals surface area contributed by atoms with Gasteiger partial charge in [-0.1, -0.05) is 79.4 Å². The Balaban J connectivity index is 0.00000363. The molecule has 1 fully saturated rings. The van der Waals surface area contributed by atoms with Crippen molar-refractivity contribution in [1.29, 1.82) is 0 Å². The molecular weight excluding hydrogens is 422 g/mol. The Bertz CT molecular complexity index is 773. The molecule has 0 aliphatic carbocycles. The highest BCUT2D eigenvalue weighted by atomic mass is 35.5. The average molecular weight is 460 g/mol. The number of piperidine rings is 1. The van der Waals surface area contributed by atoms with E-state index in [4.69, 9.17) is 9.84 Å². The van der Waals surface area contributed by atoms with Crippen molar-refractivity contribution >= 4 is 18.4 Å². The summed E-state index contributed by atoms with van der Waals surface area (Å²) in [6.07, 6.45) is 8.12. The van der Waals surface area contributed by atoms with Gasteiger partial charge in [-0.05, 0) is 50.3 Å². The van der Waals surface area contributed by atoms with Gasteiger partial charge in [-0.15, -0.1) is 12.4 Å². The molecule has 1 aliphatic rings. The van der Waals surface area contributed by atoms with Crippen molar-refractivity contribution in [2.75, 3.05) is 19.6 Å². The van der Waals surface area contributed by atoms with Crippen LogP contribution in [0, 0.1) is 6.92 Å². The average Bonchev–Trinajstić information content (AvgIpc) is 2.79. The van der Waals surface area contributed by atoms with Gasteiger partial charge in [-0.2, -0.15) is 0 Å². The predicted molar refractivity (Wildman–Crippen MR) is 133 cm³/mol. The largest absolute Gasteiger partial charge is 0.481 e. The normalized spacial score (nSPS) is 15.8. The van der Waals surface area contributed by atoms with E-state index in [0.29, 0.717) is 12.5 Å². The smallest absolute Gasteiger partial charge is 0.303 e. The minimum absolute atomic E-state index is 0. The number of hydrogen-bond donors (Lipinski definition) is 1. The molecule has 1 unspecified atom stereocenters. The molecule has 3 rings (SSSR count). The van der Waals surface area contributed by atoms with Crippen LogP contribution in [-0.4, -0.2) is 41.7 Å². The number of aliphatic carboxylic acids is 1. The number of ether oxygens (including phenoxy) is 1. The first-order valence-electron chi connectivity index (χ1n) is 11.8. The SMILES string of the molecule is Cc1ccc(C(OC2CCN(CCCCCCCC(=O)O)CC2)c2ccccc2)cc1.Cl. The van der Waals surface area contributed by atoms with Crippen molar-refractivity contribution in [3.8, 4) is 0 Å². The lowest BCUT2D eigenvalue weighted by atomic mass is 9.99. The van der Waals surface area contributed by atoms with E-state index in [1.807, 2.05) is 0 Å². The summed E-state index contributed by atoms with van der Waals surface area (Å²) in [5.41, 5.74) is 3.71. The summed E-state index contributed by atoms with van der Waals surface area (Å²) in [7, 11) is 0. The third-order valence-corrected chi connectivity index (χ3v) is 6.21. The molecule has 32 heavy (non-hydrogen) atoms. The molecule has 1 saturated heterocycles. The molecule has 4 nitrogen and oxygen atoms in total. The standard InChI is InChI=1S/C27H37NO3.ClH/c1-22-13-15-24(16-14-22)27(23-10-6-5-7-11-23)31-25-17-20-28(21-18-25)19-9-4-2-3-8-12-26(29)30;/h5-7,10-11,13-16,25,27H,2-4,8-9,12,17-21H2,1H3,(H,29,30);1H. The highest BCUT2D eigenvalue weighted by Gasteiger charge is 2.24. The van der Waals surface area contributed by atoms with Crippen molar-refractivity contribution in [2.24, 2.45) is 0 Å². The number of carboxylic acid groups (broad SMARTS) is 1. The highest BCUT2D eigenvalue weighted by Crippen LogP contribution is 2.30. The molecule has 2 aromatic rings. The maximum atomic E-state index is 10.5. The topological polar surface area (TPSA) is 49.8 Å². The first kappa shape index (κ1) is 26.4. The van der Waals surface area contributed by atoms with Crippen LogP contribution in [0.25, 0.3) is 0 Å². The summed E-state index contributed by atoms with van der Waals surface area (Å²) in [5.74, 6) is -0.679. The lowest BCUT2D eigenvalue weighted by Gasteiger charge is -2.34. The van der Waals surface area contributed by atoms with Crippen LogP contribution >= 0.6 is 12.4 Å². The van der Waals surface area contributed by atoms with Crippen molar-refractivity contribution < 1.29 is 14.6 Å². The number of carbonyl (C=O) groups is 1. The van der Waals surface area contributed by atoms with Crippen LogP contribution in [-0.2, 0) is 9.53 Å². The zero-order valence-electron chi connectivity index (χ0n) is 19.2. The van der Waals surface area contributed by atoms with Gasteiger partial charge in [0.15, 0.2) is 0 Å². The number of carboxylic acids is 1. The summed E-state index contributed by atoms with van der Waals surface area (Å²) in [6.45, 7) is 5.46. The Hall–Kier alpha value is -1.88. The Morgan fingerprint density at radius 2 is 1.53 bits per heavy atom. The monoisotopic (exact) mass is 459 g/mol. The van der Waals surface area contributed by atoms with Gasteiger partial charge < -0.3 is 14.7 Å². The molecule has 1 N–H and O–H groups in total. The second kappa shape index (κ2) is 14.3. The number of nitrogens with zero attached hydrogens (tertiary/aromatic N) is 1. The summed E-state index contributed by atoms with van der Waals surface area (Å²) in [5, 5.41) is 8.69. The molecule has 176 valence electrons. The molecule has 2 aromatic carbocycles. The van der Waals surface area contributed by atoms with E-state index in [9.17, 15) is 4.79 Å². The molecule has 0 saturated carbocycles. The molecule has 1 atom stereocenters. The minimum atomic E-state index is -0.679. The van der Waals surface area contributed by atoms with Crippen LogP contribution in [0.3, 0.4) is 0 Å². The maximum absolute atomic E-state index is 10.5. The highest BCUT2D eigenvalue weighted by molar-refractivity contribution is 5.85. The van der Waals surface area contributed by atoms with Crippen LogP contribution in [0.4, 0.5) is 0 Å². The molecule has 1 aliphatic heterocycles. The molecule has 0 amide bonds. The van der Waals surface area contributed by atoms with Crippen LogP contribution in [0.2, 0.25) is 0 Å². The van der Waals surface area contributed by atoms with Crippen LogP contribution in [0.15, 0.2) is 54.6 Å². The van der Waals surface area contributed by atoms with Gasteiger partial charge in [-0.3, -0.25) is 4.79 Å². The van der Waals surface area contributed by atoms with E-state index >= 15 is 0 Å². The maximum Gasteiger partial charge on any atom is 0.303 e. The Morgan fingerprint density at radius 1 is 0.938 bits per heavy atom. The van der Waals surface area contributed by atoms with Crippen molar-refractivity contribution in [1.82, 2.24) is 4.90 Å². The Morgan fingerprint density at radius 3 is 2.19 bits per heavy atom. The zero-order valence-corrected chi connectivity index (χ0v) is 20.1. The van der Waals surface area contributed by atoms with Crippen molar-refractivity contribution in [3.63, 3.8) is 0 Å². The van der Waals surface area contributed by atoms with Gasteiger partial charge in [0.25, 0.3) is 0 Å². The van der Waals surface area contributed by atoms with E-state index in [1.54, 1.807) is 0 Å². The number of rotatable bonds is 12. The fourth-order valence-corrected chi connectivity index (χ4v) is 4.32. The third kappa shape index (κ3) is 8.93. The molecule has 0 aromatic heterocycles. The molecular formula is C27H38ClNO3. The van der Waals surface area contributed by atoms with E-state index in [0.717, 1.165) is 51.7 Å². The summed E-state index contributed by atoms with van der Waals surface area (Å²) >= 11 is 0. The predicted octanol–water partition coefficient (Wildman–Crippen LogP) is 6.41. The number of likely N-dealkylation sites (tertiary alicyclic amines) is 1. The number of halogens is 1. The third-order valence-electron chi connectivity index (χ3n) is 6.21. The summed E-state index contributed by atoms with van der Waals surface area (Å²) in [6, 6.07) is 19.3. The van der Waals surface area contributed by atoms with Crippen LogP contribution in [0.1, 0.15) is 74.2 Å². The van der Waals surface area contributed by atoms with Crippen LogP contribution in [0.5, 0.6) is 0 Å². The quantitative estimate of drug-likeness (QED) is 0.372. The Kier molecular flexibility index (Phi) is 11.8. The van der Waals surface area contributed by atoms with Gasteiger partial charge in [-0.25, -0.2) is 0 Å². The second-order valence-corrected chi connectivity index (χ2v) is 8.79. The number of aryl methyl sites for hydroxylation is 1. The van der Waals surface area contributed by atoms with Gasteiger partial charge in [0, 0.05) is 19.5 Å². The van der Waals surface area contributed by atoms with E-state index < -0.39 is 5.97 Å². The van der Waals surface area contributed by atoms with Gasteiger partial charge in [0.05, 0.1) is 6.10 Å². The van der Waals surface area contributed by atoms with Crippen LogP contribution < -0.4 is 0 Å². The zero-order chi connectivity index (χ0) is 21.9. The molecule has 0 bridgehead atoms. The Labute approximate surface area is 199 Å². The molecule has 1 heterocycles. The lowest BCUT2D eigenvalue weighted by molar-refractivity contribution is -0.137. The van der Waals surface area contributed by atoms with E-state index in [1.165, 1.54) is 29.5 Å². The first-order chi connectivity index (χ1) is 15.1. The molecule has 0 radical (unpaired) electrons. The summed E-state index contributed by atoms with van der Waals surface area (Å²) in [4.78, 5) is 13.1. The summed E-state index contributed by atoms with van der Waals surface area (Å²) < 4.78 is 6.67. The number of benzene rings is 2. The second-order valence-electron chi connectivity index (χ2n) is 8.79. The minimum Gasteiger partial charge on any atom is -0.481 e. The number of hydrogen-bond acceptors (Lipinski definition) is 3. The van der Waals surface area contributed by atoms with Gasteiger partial charge >= 0.3 is 5.97 Å². The van der Waals surface area contributed by atoms with Crippen molar-refractivity contribution in [3.05, 3.63) is 71.3 Å². The fourth-order valence-electron chi connectivity index (χ4n) is 4.32. The lowest BCUT2D eigenvalue weighted by Crippen LogP contribution is -2.38. The van der Waals surface area contributed by atoms with Crippen molar-refractivity contribution in [2.45, 2.75) is 70.5 Å². The molecule has 0 spiro atoms.